The summed E-state index contributed by atoms with van der Waals surface area (Å²) < 4.78 is 5.07. The summed E-state index contributed by atoms with van der Waals surface area (Å²) in [4.78, 5) is 14.3. The molecule has 0 spiro atoms. The van der Waals surface area contributed by atoms with Crippen LogP contribution in [0.1, 0.15) is 29.8 Å². The number of hydrogen-bond acceptors (Lipinski definition) is 3. The Balaban J connectivity index is 1.45. The SMILES string of the molecule is O=C(NCC1CCN(C2CC2)C1)c1ccc(Cl)o1. The standard InChI is InChI=1S/C13H17ClN2O2/c14-12-4-3-11(18-12)13(17)15-7-9-5-6-16(8-9)10-1-2-10/h3-4,9-10H,1-2,5-8H2,(H,15,17). The molecule has 1 aliphatic carbocycles. The second-order valence-electron chi connectivity index (χ2n) is 5.19. The quantitative estimate of drug-likeness (QED) is 0.910. The molecule has 4 nitrogen and oxygen atoms in total. The molecule has 5 heteroatoms. The molecule has 0 bridgehead atoms. The summed E-state index contributed by atoms with van der Waals surface area (Å²) in [5.74, 6) is 0.684. The van der Waals surface area contributed by atoms with Crippen LogP contribution in [0.4, 0.5) is 0 Å². The predicted octanol–water partition coefficient (Wildman–Crippen LogP) is 2.15. The summed E-state index contributed by atoms with van der Waals surface area (Å²) in [5, 5.41) is 3.17. The highest BCUT2D eigenvalue weighted by atomic mass is 35.5. The lowest BCUT2D eigenvalue weighted by atomic mass is 10.1. The molecule has 1 aromatic rings. The van der Waals surface area contributed by atoms with Crippen molar-refractivity contribution in [2.45, 2.75) is 25.3 Å². The van der Waals surface area contributed by atoms with Crippen LogP contribution in [-0.2, 0) is 0 Å². The molecular formula is C13H17ClN2O2. The number of nitrogens with one attached hydrogen (secondary N) is 1. The van der Waals surface area contributed by atoms with E-state index in [1.54, 1.807) is 12.1 Å². The Kier molecular flexibility index (Phi) is 3.31. The Hall–Kier alpha value is -1.00. The van der Waals surface area contributed by atoms with Gasteiger partial charge in [-0.25, -0.2) is 0 Å². The monoisotopic (exact) mass is 268 g/mol. The molecule has 1 unspecified atom stereocenters. The predicted molar refractivity (Wildman–Crippen MR) is 68.8 cm³/mol. The normalized spacial score (nSPS) is 24.4. The van der Waals surface area contributed by atoms with Gasteiger partial charge in [0.2, 0.25) is 0 Å². The molecule has 1 atom stereocenters. The van der Waals surface area contributed by atoms with Gasteiger partial charge in [-0.3, -0.25) is 4.79 Å². The summed E-state index contributed by atoms with van der Waals surface area (Å²) in [5.41, 5.74) is 0. The van der Waals surface area contributed by atoms with Crippen molar-refractivity contribution in [3.63, 3.8) is 0 Å². The molecule has 1 saturated carbocycles. The van der Waals surface area contributed by atoms with Crippen molar-refractivity contribution in [3.8, 4) is 0 Å². The first-order chi connectivity index (χ1) is 8.72. The van der Waals surface area contributed by atoms with Crippen molar-refractivity contribution in [1.29, 1.82) is 0 Å². The third-order valence-electron chi connectivity index (χ3n) is 3.73. The first-order valence-electron chi connectivity index (χ1n) is 6.50. The van der Waals surface area contributed by atoms with E-state index in [0.717, 1.165) is 19.1 Å². The van der Waals surface area contributed by atoms with Crippen molar-refractivity contribution in [2.24, 2.45) is 5.92 Å². The molecule has 1 amide bonds. The van der Waals surface area contributed by atoms with Crippen molar-refractivity contribution in [3.05, 3.63) is 23.1 Å². The lowest BCUT2D eigenvalue weighted by Gasteiger charge is -2.14. The smallest absolute Gasteiger partial charge is 0.287 e. The van der Waals surface area contributed by atoms with Crippen LogP contribution in [0.3, 0.4) is 0 Å². The van der Waals surface area contributed by atoms with E-state index in [1.165, 1.54) is 25.8 Å². The summed E-state index contributed by atoms with van der Waals surface area (Å²) in [6.07, 6.45) is 3.88. The Morgan fingerprint density at radius 3 is 2.94 bits per heavy atom. The van der Waals surface area contributed by atoms with Gasteiger partial charge in [0.05, 0.1) is 0 Å². The Morgan fingerprint density at radius 1 is 1.44 bits per heavy atom. The van der Waals surface area contributed by atoms with Crippen LogP contribution in [0.15, 0.2) is 16.5 Å². The molecular weight excluding hydrogens is 252 g/mol. The van der Waals surface area contributed by atoms with Crippen LogP contribution in [0, 0.1) is 5.92 Å². The molecule has 2 heterocycles. The zero-order chi connectivity index (χ0) is 12.5. The van der Waals surface area contributed by atoms with Gasteiger partial charge in [0.1, 0.15) is 0 Å². The van der Waals surface area contributed by atoms with E-state index in [9.17, 15) is 4.79 Å². The molecule has 18 heavy (non-hydrogen) atoms. The zero-order valence-electron chi connectivity index (χ0n) is 10.2. The van der Waals surface area contributed by atoms with Gasteiger partial charge in [-0.1, -0.05) is 0 Å². The number of carbonyl (C=O) groups is 1. The first kappa shape index (κ1) is 12.1. The second kappa shape index (κ2) is 4.94. The maximum absolute atomic E-state index is 11.8. The van der Waals surface area contributed by atoms with E-state index in [2.05, 4.69) is 10.2 Å². The molecule has 1 aromatic heterocycles. The lowest BCUT2D eigenvalue weighted by molar-refractivity contribution is 0.0919. The molecule has 98 valence electrons. The van der Waals surface area contributed by atoms with Gasteiger partial charge in [-0.05, 0) is 55.5 Å². The number of hydrogen-bond donors (Lipinski definition) is 1. The van der Waals surface area contributed by atoms with E-state index >= 15 is 0 Å². The maximum Gasteiger partial charge on any atom is 0.287 e. The molecule has 2 aliphatic rings. The van der Waals surface area contributed by atoms with Gasteiger partial charge in [0.15, 0.2) is 11.0 Å². The average molecular weight is 269 g/mol. The minimum Gasteiger partial charge on any atom is -0.440 e. The van der Waals surface area contributed by atoms with Crippen molar-refractivity contribution >= 4 is 17.5 Å². The largest absolute Gasteiger partial charge is 0.440 e. The van der Waals surface area contributed by atoms with Gasteiger partial charge in [0.25, 0.3) is 5.91 Å². The van der Waals surface area contributed by atoms with Gasteiger partial charge in [-0.2, -0.15) is 0 Å². The summed E-state index contributed by atoms with van der Waals surface area (Å²) >= 11 is 5.64. The number of furan rings is 1. The number of nitrogens with zero attached hydrogens (tertiary/aromatic N) is 1. The number of likely N-dealkylation sites (tertiary alicyclic amines) is 1. The van der Waals surface area contributed by atoms with Crippen LogP contribution in [-0.4, -0.2) is 36.5 Å². The highest BCUT2D eigenvalue weighted by molar-refractivity contribution is 6.29. The Labute approximate surface area is 111 Å². The van der Waals surface area contributed by atoms with Gasteiger partial charge in [0, 0.05) is 19.1 Å². The number of carbonyl (C=O) groups excluding carboxylic acids is 1. The van der Waals surface area contributed by atoms with Crippen LogP contribution < -0.4 is 5.32 Å². The highest BCUT2D eigenvalue weighted by Gasteiger charge is 2.34. The van der Waals surface area contributed by atoms with Crippen molar-refractivity contribution in [1.82, 2.24) is 10.2 Å². The van der Waals surface area contributed by atoms with E-state index in [-0.39, 0.29) is 16.9 Å². The third kappa shape index (κ3) is 2.70. The van der Waals surface area contributed by atoms with Crippen LogP contribution in [0.5, 0.6) is 0 Å². The molecule has 1 N–H and O–H groups in total. The minimum atomic E-state index is -0.174. The Morgan fingerprint density at radius 2 is 2.28 bits per heavy atom. The van der Waals surface area contributed by atoms with E-state index in [1.807, 2.05) is 0 Å². The van der Waals surface area contributed by atoms with E-state index < -0.39 is 0 Å². The maximum atomic E-state index is 11.8. The summed E-state index contributed by atoms with van der Waals surface area (Å²) in [6, 6.07) is 4.01. The molecule has 1 aliphatic heterocycles. The number of halogens is 1. The average Bonchev–Trinajstić information content (AvgIpc) is 2.95. The number of rotatable bonds is 4. The van der Waals surface area contributed by atoms with Crippen molar-refractivity contribution < 1.29 is 9.21 Å². The number of amides is 1. The summed E-state index contributed by atoms with van der Waals surface area (Å²) in [7, 11) is 0. The van der Waals surface area contributed by atoms with Crippen molar-refractivity contribution in [2.75, 3.05) is 19.6 Å². The lowest BCUT2D eigenvalue weighted by Crippen LogP contribution is -2.31. The van der Waals surface area contributed by atoms with Gasteiger partial charge in [-0.15, -0.1) is 0 Å². The fraction of sp³-hybridized carbons (Fsp3) is 0.615. The zero-order valence-corrected chi connectivity index (χ0v) is 10.9. The topological polar surface area (TPSA) is 45.5 Å². The molecule has 2 fully saturated rings. The van der Waals surface area contributed by atoms with Gasteiger partial charge >= 0.3 is 0 Å². The first-order valence-corrected chi connectivity index (χ1v) is 6.88. The van der Waals surface area contributed by atoms with Crippen LogP contribution >= 0.6 is 11.6 Å². The highest BCUT2D eigenvalue weighted by Crippen LogP contribution is 2.31. The summed E-state index contributed by atoms with van der Waals surface area (Å²) in [6.45, 7) is 3.02. The fourth-order valence-corrected chi connectivity index (χ4v) is 2.71. The molecule has 0 aromatic carbocycles. The Bertz CT molecular complexity index is 442. The van der Waals surface area contributed by atoms with Gasteiger partial charge < -0.3 is 14.6 Å². The van der Waals surface area contributed by atoms with E-state index in [4.69, 9.17) is 16.0 Å². The third-order valence-corrected chi connectivity index (χ3v) is 3.93. The van der Waals surface area contributed by atoms with Crippen LogP contribution in [0.2, 0.25) is 5.22 Å². The fourth-order valence-electron chi connectivity index (χ4n) is 2.56. The molecule has 3 rings (SSSR count). The second-order valence-corrected chi connectivity index (χ2v) is 5.57. The van der Waals surface area contributed by atoms with Crippen LogP contribution in [0.25, 0.3) is 0 Å². The van der Waals surface area contributed by atoms with E-state index in [0.29, 0.717) is 5.92 Å². The molecule has 0 radical (unpaired) electrons. The minimum absolute atomic E-state index is 0.174. The molecule has 1 saturated heterocycles.